The Hall–Kier alpha value is -3.69. The minimum atomic E-state index is -1.48. The molecule has 2 amide bonds. The molecule has 1 aromatic rings. The molecule has 1 saturated carbocycles. The van der Waals surface area contributed by atoms with E-state index in [0.29, 0.717) is 43.2 Å². The number of carbonyl (C=O) groups excluding carboxylic acids is 2. The van der Waals surface area contributed by atoms with Crippen molar-refractivity contribution in [2.75, 3.05) is 66.4 Å². The average Bonchev–Trinajstić information content (AvgIpc) is 3.28. The number of carbonyl (C=O) groups is 2. The van der Waals surface area contributed by atoms with E-state index >= 15 is 0 Å². The number of hydrogen-bond donors (Lipinski definition) is 4. The van der Waals surface area contributed by atoms with Crippen molar-refractivity contribution >= 4 is 17.9 Å². The van der Waals surface area contributed by atoms with E-state index in [2.05, 4.69) is 30.1 Å². The van der Waals surface area contributed by atoms with Crippen LogP contribution in [-0.2, 0) is 19.0 Å². The van der Waals surface area contributed by atoms with Crippen LogP contribution in [0.2, 0.25) is 0 Å². The van der Waals surface area contributed by atoms with Gasteiger partial charge in [-0.25, -0.2) is 9.59 Å². The van der Waals surface area contributed by atoms with E-state index in [1.165, 1.54) is 52.1 Å². The number of hydrogen-bond acceptors (Lipinski definition) is 12. The minimum Gasteiger partial charge on any atom is -0.459 e. The van der Waals surface area contributed by atoms with Crippen LogP contribution in [-0.4, -0.2) is 116 Å². The van der Waals surface area contributed by atoms with Gasteiger partial charge in [0, 0.05) is 44.2 Å². The molecule has 1 aromatic carbocycles. The summed E-state index contributed by atoms with van der Waals surface area (Å²) in [5.41, 5.74) is 2.39. The Morgan fingerprint density at radius 2 is 1.65 bits per heavy atom. The predicted octanol–water partition coefficient (Wildman–Crippen LogP) is 8.43. The highest BCUT2D eigenvalue weighted by Gasteiger charge is 2.65. The number of nitrogens with one attached hydrogen (secondary N) is 1. The van der Waals surface area contributed by atoms with Crippen molar-refractivity contribution in [3.8, 4) is 11.5 Å². The fraction of sp³-hybridized carbons (Fsp3) is 0.729. The quantitative estimate of drug-likeness (QED) is 0.0320. The predicted molar refractivity (Wildman–Crippen MR) is 239 cm³/mol. The second-order valence-corrected chi connectivity index (χ2v) is 16.7. The lowest BCUT2D eigenvalue weighted by Gasteiger charge is -2.59. The normalized spacial score (nSPS) is 23.1. The molecule has 62 heavy (non-hydrogen) atoms. The molecule has 6 unspecified atom stereocenters. The van der Waals surface area contributed by atoms with Gasteiger partial charge in [0.15, 0.2) is 0 Å². The average molecular weight is 872 g/mol. The zero-order chi connectivity index (χ0) is 44.6. The second kappa shape index (κ2) is 28.2. The van der Waals surface area contributed by atoms with Gasteiger partial charge in [-0.3, -0.25) is 4.90 Å². The van der Waals surface area contributed by atoms with E-state index in [9.17, 15) is 24.9 Å². The van der Waals surface area contributed by atoms with Crippen LogP contribution in [0.25, 0.3) is 0 Å². The fourth-order valence-electron chi connectivity index (χ4n) is 9.62. The maximum Gasteiger partial charge on any atom is 0.412 e. The molecule has 2 aliphatic carbocycles. The van der Waals surface area contributed by atoms with E-state index in [0.717, 1.165) is 56.1 Å². The number of aliphatic hydroxyl groups excluding tert-OH is 3. The van der Waals surface area contributed by atoms with E-state index in [1.807, 2.05) is 19.1 Å². The van der Waals surface area contributed by atoms with E-state index in [4.69, 9.17) is 28.5 Å². The SMILES string of the molecule is C=CCOC12Oc3ccc(OC(=O)NCCCCCCCCCCCC)cc3C3C(CCCCO)C(CCCCO)C=C(C(=NOCC)CC1N(CCOCCO)C(=O)OC)C32. The monoisotopic (exact) mass is 872 g/mol. The highest BCUT2D eigenvalue weighted by Crippen LogP contribution is 2.62. The lowest BCUT2D eigenvalue weighted by Crippen LogP contribution is -2.70. The van der Waals surface area contributed by atoms with Crippen LogP contribution in [0.1, 0.15) is 134 Å². The third kappa shape index (κ3) is 14.2. The third-order valence-electron chi connectivity index (χ3n) is 12.5. The van der Waals surface area contributed by atoms with Crippen LogP contribution in [0, 0.1) is 17.8 Å². The molecule has 6 atom stereocenters. The first-order valence-corrected chi connectivity index (χ1v) is 23.5. The molecule has 1 heterocycles. The number of fused-ring (bicyclic) bond motifs is 2. The van der Waals surface area contributed by atoms with Crippen molar-refractivity contribution in [3.05, 3.63) is 48.1 Å². The molecule has 350 valence electrons. The number of amides is 2. The van der Waals surface area contributed by atoms with Crippen LogP contribution >= 0.6 is 0 Å². The number of oxime groups is 1. The number of benzene rings is 1. The molecule has 0 bridgehead atoms. The fourth-order valence-corrected chi connectivity index (χ4v) is 9.62. The Bertz CT molecular complexity index is 1560. The molecule has 0 saturated heterocycles. The van der Waals surface area contributed by atoms with Crippen LogP contribution in [0.4, 0.5) is 9.59 Å². The number of ether oxygens (including phenoxy) is 5. The maximum atomic E-state index is 13.8. The summed E-state index contributed by atoms with van der Waals surface area (Å²) in [6, 6.07) is 4.64. The van der Waals surface area contributed by atoms with Crippen molar-refractivity contribution < 1.29 is 53.4 Å². The second-order valence-electron chi connectivity index (χ2n) is 16.7. The third-order valence-corrected chi connectivity index (χ3v) is 12.5. The van der Waals surface area contributed by atoms with E-state index in [-0.39, 0.29) is 70.4 Å². The first-order chi connectivity index (χ1) is 30.3. The van der Waals surface area contributed by atoms with Crippen molar-refractivity contribution in [2.24, 2.45) is 22.9 Å². The Morgan fingerprint density at radius 3 is 2.31 bits per heavy atom. The summed E-state index contributed by atoms with van der Waals surface area (Å²) >= 11 is 0. The van der Waals surface area contributed by atoms with Crippen molar-refractivity contribution in [1.82, 2.24) is 10.2 Å². The van der Waals surface area contributed by atoms with Gasteiger partial charge in [-0.15, -0.1) is 6.58 Å². The van der Waals surface area contributed by atoms with Crippen LogP contribution < -0.4 is 14.8 Å². The van der Waals surface area contributed by atoms with Crippen LogP contribution in [0.3, 0.4) is 0 Å². The number of aliphatic hydroxyl groups is 3. The Labute approximate surface area is 370 Å². The Kier molecular flexibility index (Phi) is 23.2. The van der Waals surface area contributed by atoms with Gasteiger partial charge in [0.1, 0.15) is 24.1 Å². The Morgan fingerprint density at radius 1 is 0.935 bits per heavy atom. The van der Waals surface area contributed by atoms with Gasteiger partial charge in [-0.2, -0.15) is 0 Å². The zero-order valence-corrected chi connectivity index (χ0v) is 37.9. The summed E-state index contributed by atoms with van der Waals surface area (Å²) in [7, 11) is 1.33. The molecule has 0 spiro atoms. The summed E-state index contributed by atoms with van der Waals surface area (Å²) in [5.74, 6) is -1.36. The van der Waals surface area contributed by atoms with Gasteiger partial charge < -0.3 is 49.2 Å². The summed E-state index contributed by atoms with van der Waals surface area (Å²) < 4.78 is 31.1. The van der Waals surface area contributed by atoms with Gasteiger partial charge in [0.2, 0.25) is 5.79 Å². The topological polar surface area (TPSA) is 178 Å². The highest BCUT2D eigenvalue weighted by atomic mass is 16.7. The zero-order valence-electron chi connectivity index (χ0n) is 37.9. The molecule has 0 radical (unpaired) electrons. The lowest BCUT2D eigenvalue weighted by molar-refractivity contribution is -0.255. The standard InChI is InChI=1S/C48H77N3O11/c1-5-8-9-10-11-12-13-14-15-18-25-49-46(55)61-37-23-24-42-40(34-37)44-38(22-17-20-28-53)36(21-16-19-27-52)33-39-41(50-60-7-3)35-43(48(62-42,45(39)44)59-30-6-2)51(47(56)57-4)26-31-58-32-29-54/h6,23-24,33-34,36,38,43-45,52-54H,2,5,7-22,25-32,35H2,1,3-4H3,(H,49,55). The van der Waals surface area contributed by atoms with E-state index < -0.39 is 29.9 Å². The number of methoxy groups -OCH3 is 1. The summed E-state index contributed by atoms with van der Waals surface area (Å²) in [6.07, 6.45) is 19.5. The minimum absolute atomic E-state index is 0.00433. The molecule has 14 heteroatoms. The van der Waals surface area contributed by atoms with E-state index in [1.54, 1.807) is 17.0 Å². The Balaban J connectivity index is 1.75. The largest absolute Gasteiger partial charge is 0.459 e. The molecule has 4 rings (SSSR count). The van der Waals surface area contributed by atoms with Crippen molar-refractivity contribution in [3.63, 3.8) is 0 Å². The van der Waals surface area contributed by atoms with Crippen LogP contribution in [0.5, 0.6) is 11.5 Å². The molecule has 3 aliphatic rings. The van der Waals surface area contributed by atoms with Crippen LogP contribution in [0.15, 0.2) is 47.7 Å². The maximum absolute atomic E-state index is 13.8. The van der Waals surface area contributed by atoms with Gasteiger partial charge >= 0.3 is 12.2 Å². The smallest absolute Gasteiger partial charge is 0.412 e. The number of allylic oxidation sites excluding steroid dienone is 1. The molecule has 1 aliphatic heterocycles. The summed E-state index contributed by atoms with van der Waals surface area (Å²) in [4.78, 5) is 34.4. The van der Waals surface area contributed by atoms with Crippen molar-refractivity contribution in [1.29, 1.82) is 0 Å². The highest BCUT2D eigenvalue weighted by molar-refractivity contribution is 6.03. The first kappa shape index (κ1) is 50.9. The summed E-state index contributed by atoms with van der Waals surface area (Å²) in [6.45, 7) is 9.34. The van der Waals surface area contributed by atoms with Gasteiger partial charge in [-0.1, -0.05) is 94.9 Å². The molecule has 0 aromatic heterocycles. The summed E-state index contributed by atoms with van der Waals surface area (Å²) in [5, 5.41) is 36.8. The number of unbranched alkanes of at least 4 members (excludes halogenated alkanes) is 11. The molecular weight excluding hydrogens is 795 g/mol. The van der Waals surface area contributed by atoms with Gasteiger partial charge in [0.05, 0.1) is 45.2 Å². The number of rotatable bonds is 31. The molecule has 4 N–H and O–H groups in total. The molecule has 1 fully saturated rings. The van der Waals surface area contributed by atoms with Gasteiger partial charge in [0.25, 0.3) is 0 Å². The first-order valence-electron chi connectivity index (χ1n) is 23.5. The van der Waals surface area contributed by atoms with Crippen molar-refractivity contribution in [2.45, 2.75) is 141 Å². The molecule has 14 nitrogen and oxygen atoms in total. The number of nitrogens with zero attached hydrogens (tertiary/aromatic N) is 2. The molecular formula is C48H77N3O11. The van der Waals surface area contributed by atoms with Gasteiger partial charge in [-0.05, 0) is 74.6 Å². The lowest BCUT2D eigenvalue weighted by atomic mass is 9.55.